The third-order valence-corrected chi connectivity index (χ3v) is 8.02. The predicted molar refractivity (Wildman–Crippen MR) is 140 cm³/mol. The fourth-order valence-electron chi connectivity index (χ4n) is 5.42. The Morgan fingerprint density at radius 1 is 1.18 bits per heavy atom. The van der Waals surface area contributed by atoms with Crippen LogP contribution in [-0.2, 0) is 19.9 Å². The van der Waals surface area contributed by atoms with E-state index in [2.05, 4.69) is 51.1 Å². The van der Waals surface area contributed by atoms with E-state index in [0.29, 0.717) is 18.6 Å². The van der Waals surface area contributed by atoms with Gasteiger partial charge >= 0.3 is 0 Å². The van der Waals surface area contributed by atoms with Gasteiger partial charge in [0.2, 0.25) is 0 Å². The first-order chi connectivity index (χ1) is 16.7. The van der Waals surface area contributed by atoms with Gasteiger partial charge < -0.3 is 4.74 Å². The minimum absolute atomic E-state index is 0.461. The minimum Gasteiger partial charge on any atom is -0.492 e. The molecule has 7 heteroatoms. The number of aryl methyl sites for hydroxylation is 2. The van der Waals surface area contributed by atoms with Crippen LogP contribution in [-0.4, -0.2) is 47.0 Å². The summed E-state index contributed by atoms with van der Waals surface area (Å²) in [6.07, 6.45) is 9.89. The largest absolute Gasteiger partial charge is 0.492 e. The molecule has 180 valence electrons. The molecular formula is C27H33ClN4OS. The van der Waals surface area contributed by atoms with E-state index < -0.39 is 0 Å². The Hall–Kier alpha value is -1.99. The summed E-state index contributed by atoms with van der Waals surface area (Å²) >= 11 is 7.92. The van der Waals surface area contributed by atoms with Crippen molar-refractivity contribution in [1.82, 2.24) is 19.4 Å². The normalized spacial score (nSPS) is 20.4. The second kappa shape index (κ2) is 11.2. The lowest BCUT2D eigenvalue weighted by atomic mass is 9.75. The molecule has 5 nitrogen and oxygen atoms in total. The molecule has 1 aromatic heterocycles. The number of rotatable bonds is 9. The van der Waals surface area contributed by atoms with Gasteiger partial charge in [-0.2, -0.15) is 5.10 Å². The summed E-state index contributed by atoms with van der Waals surface area (Å²) in [4.78, 5) is 3.83. The van der Waals surface area contributed by atoms with E-state index in [1.807, 2.05) is 30.2 Å². The number of benzene rings is 2. The lowest BCUT2D eigenvalue weighted by molar-refractivity contribution is 0.188. The Bertz CT molecular complexity index is 1100. The van der Waals surface area contributed by atoms with Crippen molar-refractivity contribution in [3.63, 3.8) is 0 Å². The summed E-state index contributed by atoms with van der Waals surface area (Å²) < 4.78 is 11.3. The Balaban J connectivity index is 1.28. The molecule has 0 saturated carbocycles. The van der Waals surface area contributed by atoms with Gasteiger partial charge in [-0.1, -0.05) is 29.8 Å². The van der Waals surface area contributed by atoms with Crippen LogP contribution in [0.4, 0.5) is 0 Å². The highest BCUT2D eigenvalue weighted by molar-refractivity contribution is 7.97. The van der Waals surface area contributed by atoms with Gasteiger partial charge in [0.15, 0.2) is 0 Å². The van der Waals surface area contributed by atoms with Crippen LogP contribution < -0.4 is 9.46 Å². The summed E-state index contributed by atoms with van der Waals surface area (Å²) in [6, 6.07) is 15.7. The number of likely N-dealkylation sites (tertiary alicyclic amines) is 1. The Kier molecular flexibility index (Phi) is 7.80. The van der Waals surface area contributed by atoms with Crippen molar-refractivity contribution >= 4 is 23.5 Å². The number of halogens is 1. The molecule has 0 radical (unpaired) electrons. The molecule has 1 fully saturated rings. The molecule has 3 aromatic rings. The van der Waals surface area contributed by atoms with Crippen molar-refractivity contribution < 1.29 is 4.74 Å². The maximum absolute atomic E-state index is 6.33. The number of nitrogens with one attached hydrogen (secondary N) is 1. The maximum Gasteiger partial charge on any atom is 0.119 e. The van der Waals surface area contributed by atoms with E-state index in [-0.39, 0.29) is 0 Å². The number of fused-ring (bicyclic) bond motifs is 1. The minimum atomic E-state index is 0.461. The van der Waals surface area contributed by atoms with Crippen molar-refractivity contribution in [3.05, 3.63) is 76.6 Å². The highest BCUT2D eigenvalue weighted by Gasteiger charge is 2.35. The van der Waals surface area contributed by atoms with E-state index in [1.54, 1.807) is 11.9 Å². The smallest absolute Gasteiger partial charge is 0.119 e. The average Bonchev–Trinajstić information content (AvgIpc) is 3.51. The zero-order chi connectivity index (χ0) is 23.3. The van der Waals surface area contributed by atoms with Gasteiger partial charge in [-0.25, -0.2) is 0 Å². The molecule has 0 amide bonds. The summed E-state index contributed by atoms with van der Waals surface area (Å²) in [5.74, 6) is 1.42. The fraction of sp³-hybridized carbons (Fsp3) is 0.444. The van der Waals surface area contributed by atoms with Crippen LogP contribution in [0.2, 0.25) is 5.02 Å². The molecule has 0 spiro atoms. The second-order valence-electron chi connectivity index (χ2n) is 9.34. The summed E-state index contributed by atoms with van der Waals surface area (Å²) in [5, 5.41) is 5.01. The predicted octanol–water partition coefficient (Wildman–Crippen LogP) is 5.49. The molecule has 5 rings (SSSR count). The number of ether oxygens (including phenoxy) is 1. The molecule has 34 heavy (non-hydrogen) atoms. The first-order valence-electron chi connectivity index (χ1n) is 12.3. The Labute approximate surface area is 212 Å². The van der Waals surface area contributed by atoms with Crippen LogP contribution in [0.25, 0.3) is 0 Å². The summed E-state index contributed by atoms with van der Waals surface area (Å²) in [7, 11) is 1.93. The van der Waals surface area contributed by atoms with Gasteiger partial charge in [0.05, 0.1) is 11.1 Å². The van der Waals surface area contributed by atoms with E-state index in [0.717, 1.165) is 35.1 Å². The Morgan fingerprint density at radius 3 is 2.85 bits per heavy atom. The highest BCUT2D eigenvalue weighted by Crippen LogP contribution is 2.40. The molecular weight excluding hydrogens is 464 g/mol. The van der Waals surface area contributed by atoms with Crippen molar-refractivity contribution in [2.45, 2.75) is 49.0 Å². The van der Waals surface area contributed by atoms with Crippen LogP contribution >= 0.6 is 23.5 Å². The summed E-state index contributed by atoms with van der Waals surface area (Å²) in [6.45, 7) is 3.84. The number of aromatic nitrogens is 2. The molecule has 2 atom stereocenters. The molecule has 0 bridgehead atoms. The monoisotopic (exact) mass is 496 g/mol. The van der Waals surface area contributed by atoms with E-state index >= 15 is 0 Å². The van der Waals surface area contributed by atoms with Crippen LogP contribution in [0.15, 0.2) is 59.8 Å². The third-order valence-electron chi connectivity index (χ3n) is 6.99. The number of hydrogen-bond donors (Lipinski definition) is 1. The van der Waals surface area contributed by atoms with Gasteiger partial charge in [-0.05, 0) is 98.1 Å². The van der Waals surface area contributed by atoms with Crippen molar-refractivity contribution in [1.29, 1.82) is 0 Å². The first kappa shape index (κ1) is 23.7. The van der Waals surface area contributed by atoms with Gasteiger partial charge in [0.25, 0.3) is 0 Å². The third kappa shape index (κ3) is 5.80. The van der Waals surface area contributed by atoms with Gasteiger partial charge in [0.1, 0.15) is 12.4 Å². The zero-order valence-electron chi connectivity index (χ0n) is 19.8. The highest BCUT2D eigenvalue weighted by atomic mass is 35.5. The van der Waals surface area contributed by atoms with Crippen molar-refractivity contribution in [3.8, 4) is 5.75 Å². The van der Waals surface area contributed by atoms with Gasteiger partial charge in [-0.3, -0.25) is 14.3 Å². The molecule has 1 saturated heterocycles. The van der Waals surface area contributed by atoms with E-state index in [1.165, 1.54) is 49.0 Å². The van der Waals surface area contributed by atoms with Gasteiger partial charge in [0, 0.05) is 36.8 Å². The van der Waals surface area contributed by atoms with Gasteiger partial charge in [-0.15, -0.1) is 0 Å². The Morgan fingerprint density at radius 2 is 2.06 bits per heavy atom. The fourth-order valence-corrected chi connectivity index (χ4v) is 6.29. The van der Waals surface area contributed by atoms with Crippen LogP contribution in [0, 0.1) is 0 Å². The van der Waals surface area contributed by atoms with Crippen LogP contribution in [0.5, 0.6) is 5.75 Å². The van der Waals surface area contributed by atoms with Crippen molar-refractivity contribution in [2.24, 2.45) is 7.05 Å². The SMILES string of the molecule is Cn1cc(SNCCOc2ccc3c(c2)C(Cc2cccc(Cl)c2)C(N2CCCC2)CC3)cn1. The molecule has 2 unspecified atom stereocenters. The van der Waals surface area contributed by atoms with E-state index in [9.17, 15) is 0 Å². The maximum atomic E-state index is 6.33. The lowest BCUT2D eigenvalue weighted by Crippen LogP contribution is -2.41. The zero-order valence-corrected chi connectivity index (χ0v) is 21.3. The number of nitrogens with zero attached hydrogens (tertiary/aromatic N) is 3. The molecule has 1 N–H and O–H groups in total. The summed E-state index contributed by atoms with van der Waals surface area (Å²) in [5.41, 5.74) is 4.25. The lowest BCUT2D eigenvalue weighted by Gasteiger charge is -2.39. The van der Waals surface area contributed by atoms with Crippen LogP contribution in [0.3, 0.4) is 0 Å². The standard InChI is InChI=1S/C27H33ClN4OS/c1-31-19-24(18-29-31)34-30-11-14-33-23-9-7-21-8-10-27(32-12-2-3-13-32)26(25(21)17-23)16-20-5-4-6-22(28)15-20/h4-7,9,15,17-19,26-27,30H,2-3,8,10-14,16H2,1H3. The molecule has 2 aliphatic rings. The average molecular weight is 497 g/mol. The molecule has 2 aromatic carbocycles. The molecule has 1 aliphatic carbocycles. The topological polar surface area (TPSA) is 42.3 Å². The van der Waals surface area contributed by atoms with Crippen molar-refractivity contribution in [2.75, 3.05) is 26.2 Å². The molecule has 1 aliphatic heterocycles. The van der Waals surface area contributed by atoms with E-state index in [4.69, 9.17) is 16.3 Å². The van der Waals surface area contributed by atoms with Crippen LogP contribution in [0.1, 0.15) is 41.9 Å². The second-order valence-corrected chi connectivity index (χ2v) is 10.7. The number of hydrogen-bond acceptors (Lipinski definition) is 5. The molecule has 2 heterocycles. The first-order valence-corrected chi connectivity index (χ1v) is 13.5. The quantitative estimate of drug-likeness (QED) is 0.313.